The smallest absolute Gasteiger partial charge is 0.223 e. The second-order valence-electron chi connectivity index (χ2n) is 6.38. The molecule has 2 rings (SSSR count). The number of nitrogens with two attached hydrogens (primary N) is 1. The normalized spacial score (nSPS) is 39.2. The molecule has 4 nitrogen and oxygen atoms in total. The Bertz CT molecular complexity index is 299. The third kappa shape index (κ3) is 3.93. The molecule has 0 aromatic rings. The van der Waals surface area contributed by atoms with E-state index in [2.05, 4.69) is 19.2 Å². The summed E-state index contributed by atoms with van der Waals surface area (Å²) in [6.07, 6.45) is 5.31. The number of amides is 1. The molecule has 0 bridgehead atoms. The molecule has 1 saturated heterocycles. The summed E-state index contributed by atoms with van der Waals surface area (Å²) < 4.78 is 5.66. The van der Waals surface area contributed by atoms with Gasteiger partial charge in [0.2, 0.25) is 5.91 Å². The van der Waals surface area contributed by atoms with Crippen molar-refractivity contribution in [1.29, 1.82) is 0 Å². The van der Waals surface area contributed by atoms with Gasteiger partial charge in [-0.25, -0.2) is 0 Å². The van der Waals surface area contributed by atoms with Gasteiger partial charge < -0.3 is 15.8 Å². The number of hydrogen-bond acceptors (Lipinski definition) is 3. The van der Waals surface area contributed by atoms with Crippen LogP contribution in [0.3, 0.4) is 0 Å². The topological polar surface area (TPSA) is 64.3 Å². The average Bonchev–Trinajstić information content (AvgIpc) is 2.82. The second-order valence-corrected chi connectivity index (χ2v) is 6.38. The van der Waals surface area contributed by atoms with E-state index in [-0.39, 0.29) is 17.9 Å². The zero-order chi connectivity index (χ0) is 13.8. The van der Waals surface area contributed by atoms with Gasteiger partial charge in [-0.2, -0.15) is 0 Å². The minimum atomic E-state index is 0.112. The SMILES string of the molecule is CCC1OCCC1CNC(=O)C1CC(C)CC(N)C1. The standard InChI is InChI=1S/C15H28N2O2/c1-3-14-11(4-5-19-14)9-17-15(18)12-6-10(2)7-13(16)8-12/h10-14H,3-9,16H2,1-2H3,(H,17,18). The minimum Gasteiger partial charge on any atom is -0.378 e. The minimum absolute atomic E-state index is 0.112. The highest BCUT2D eigenvalue weighted by Crippen LogP contribution is 2.28. The lowest BCUT2D eigenvalue weighted by molar-refractivity contribution is -0.126. The molecule has 1 amide bonds. The first-order chi connectivity index (χ1) is 9.10. The second kappa shape index (κ2) is 6.71. The first-order valence-corrected chi connectivity index (χ1v) is 7.75. The maximum absolute atomic E-state index is 12.2. The summed E-state index contributed by atoms with van der Waals surface area (Å²) in [5, 5.41) is 3.13. The van der Waals surface area contributed by atoms with E-state index in [4.69, 9.17) is 10.5 Å². The number of carbonyl (C=O) groups excluding carboxylic acids is 1. The number of carbonyl (C=O) groups is 1. The zero-order valence-electron chi connectivity index (χ0n) is 12.2. The van der Waals surface area contributed by atoms with Crippen LogP contribution in [0.15, 0.2) is 0 Å². The molecule has 19 heavy (non-hydrogen) atoms. The van der Waals surface area contributed by atoms with Crippen molar-refractivity contribution >= 4 is 5.91 Å². The van der Waals surface area contributed by atoms with Crippen LogP contribution in [0.25, 0.3) is 0 Å². The van der Waals surface area contributed by atoms with Crippen molar-refractivity contribution in [2.75, 3.05) is 13.2 Å². The van der Waals surface area contributed by atoms with E-state index < -0.39 is 0 Å². The fourth-order valence-corrected chi connectivity index (χ4v) is 3.62. The molecule has 1 saturated carbocycles. The first kappa shape index (κ1) is 14.8. The molecule has 0 spiro atoms. The maximum atomic E-state index is 12.2. The molecule has 110 valence electrons. The molecule has 0 aromatic heterocycles. The highest BCUT2D eigenvalue weighted by atomic mass is 16.5. The first-order valence-electron chi connectivity index (χ1n) is 7.75. The van der Waals surface area contributed by atoms with Crippen molar-refractivity contribution < 1.29 is 9.53 Å². The quantitative estimate of drug-likeness (QED) is 0.815. The third-order valence-corrected chi connectivity index (χ3v) is 4.64. The summed E-state index contributed by atoms with van der Waals surface area (Å²) in [4.78, 5) is 12.2. The summed E-state index contributed by atoms with van der Waals surface area (Å²) in [6.45, 7) is 5.94. The van der Waals surface area contributed by atoms with Gasteiger partial charge in [0.25, 0.3) is 0 Å². The van der Waals surface area contributed by atoms with E-state index in [1.54, 1.807) is 0 Å². The molecule has 0 radical (unpaired) electrons. The van der Waals surface area contributed by atoms with Crippen LogP contribution in [0, 0.1) is 17.8 Å². The average molecular weight is 268 g/mol. The van der Waals surface area contributed by atoms with Crippen molar-refractivity contribution in [3.8, 4) is 0 Å². The van der Waals surface area contributed by atoms with Crippen LogP contribution in [0.1, 0.15) is 46.0 Å². The van der Waals surface area contributed by atoms with Gasteiger partial charge in [0.15, 0.2) is 0 Å². The summed E-state index contributed by atoms with van der Waals surface area (Å²) in [5.41, 5.74) is 6.02. The van der Waals surface area contributed by atoms with Crippen LogP contribution in [-0.4, -0.2) is 31.2 Å². The van der Waals surface area contributed by atoms with Crippen LogP contribution >= 0.6 is 0 Å². The molecule has 4 heteroatoms. The highest BCUT2D eigenvalue weighted by molar-refractivity contribution is 5.78. The van der Waals surface area contributed by atoms with Gasteiger partial charge in [0, 0.05) is 31.0 Å². The van der Waals surface area contributed by atoms with Gasteiger partial charge in [0.05, 0.1) is 6.10 Å². The van der Waals surface area contributed by atoms with E-state index in [9.17, 15) is 4.79 Å². The number of hydrogen-bond donors (Lipinski definition) is 2. The lowest BCUT2D eigenvalue weighted by Crippen LogP contribution is -2.42. The van der Waals surface area contributed by atoms with Gasteiger partial charge in [-0.1, -0.05) is 13.8 Å². The summed E-state index contributed by atoms with van der Waals surface area (Å²) in [7, 11) is 0. The fourth-order valence-electron chi connectivity index (χ4n) is 3.62. The predicted molar refractivity (Wildman–Crippen MR) is 75.6 cm³/mol. The van der Waals surface area contributed by atoms with Crippen LogP contribution in [0.2, 0.25) is 0 Å². The van der Waals surface area contributed by atoms with E-state index in [1.165, 1.54) is 0 Å². The molecule has 3 N–H and O–H groups in total. The largest absolute Gasteiger partial charge is 0.378 e. The van der Waals surface area contributed by atoms with Crippen molar-refractivity contribution in [2.24, 2.45) is 23.5 Å². The molecule has 5 unspecified atom stereocenters. The van der Waals surface area contributed by atoms with Crippen LogP contribution in [0.4, 0.5) is 0 Å². The Hall–Kier alpha value is -0.610. The molecule has 0 aromatic carbocycles. The summed E-state index contributed by atoms with van der Waals surface area (Å²) in [6, 6.07) is 0.192. The van der Waals surface area contributed by atoms with Crippen molar-refractivity contribution in [1.82, 2.24) is 5.32 Å². The Balaban J connectivity index is 1.77. The van der Waals surface area contributed by atoms with Crippen molar-refractivity contribution in [3.63, 3.8) is 0 Å². The number of ether oxygens (including phenoxy) is 1. The number of rotatable bonds is 4. The number of nitrogens with one attached hydrogen (secondary N) is 1. The van der Waals surface area contributed by atoms with E-state index in [0.29, 0.717) is 17.9 Å². The monoisotopic (exact) mass is 268 g/mol. The van der Waals surface area contributed by atoms with Crippen LogP contribution in [-0.2, 0) is 9.53 Å². The molecule has 1 aliphatic heterocycles. The van der Waals surface area contributed by atoms with Crippen LogP contribution in [0.5, 0.6) is 0 Å². The molecule has 2 aliphatic rings. The van der Waals surface area contributed by atoms with Crippen molar-refractivity contribution in [3.05, 3.63) is 0 Å². The highest BCUT2D eigenvalue weighted by Gasteiger charge is 2.31. The Morgan fingerprint density at radius 3 is 2.84 bits per heavy atom. The Labute approximate surface area is 116 Å². The van der Waals surface area contributed by atoms with E-state index >= 15 is 0 Å². The zero-order valence-corrected chi connectivity index (χ0v) is 12.2. The maximum Gasteiger partial charge on any atom is 0.223 e. The Morgan fingerprint density at radius 2 is 2.16 bits per heavy atom. The van der Waals surface area contributed by atoms with Gasteiger partial charge in [-0.3, -0.25) is 4.79 Å². The molecule has 2 fully saturated rings. The van der Waals surface area contributed by atoms with E-state index in [0.717, 1.165) is 45.3 Å². The molecular weight excluding hydrogens is 240 g/mol. The fraction of sp³-hybridized carbons (Fsp3) is 0.933. The van der Waals surface area contributed by atoms with Crippen LogP contribution < -0.4 is 11.1 Å². The lowest BCUT2D eigenvalue weighted by atomic mass is 9.79. The van der Waals surface area contributed by atoms with Gasteiger partial charge in [-0.15, -0.1) is 0 Å². The summed E-state index contributed by atoms with van der Waals surface area (Å²) in [5.74, 6) is 1.37. The predicted octanol–water partition coefficient (Wildman–Crippen LogP) is 1.68. The lowest BCUT2D eigenvalue weighted by Gasteiger charge is -2.30. The summed E-state index contributed by atoms with van der Waals surface area (Å²) >= 11 is 0. The van der Waals surface area contributed by atoms with Gasteiger partial charge in [-0.05, 0) is 38.0 Å². The molecular formula is C15H28N2O2. The van der Waals surface area contributed by atoms with Gasteiger partial charge >= 0.3 is 0 Å². The van der Waals surface area contributed by atoms with Gasteiger partial charge in [0.1, 0.15) is 0 Å². The third-order valence-electron chi connectivity index (χ3n) is 4.64. The molecule has 1 heterocycles. The van der Waals surface area contributed by atoms with E-state index in [1.807, 2.05) is 0 Å². The Kier molecular flexibility index (Phi) is 5.22. The van der Waals surface area contributed by atoms with Crippen molar-refractivity contribution in [2.45, 2.75) is 58.1 Å². The molecule has 1 aliphatic carbocycles. The Morgan fingerprint density at radius 1 is 1.37 bits per heavy atom. The molecule has 5 atom stereocenters.